The molecule has 0 radical (unpaired) electrons. The summed E-state index contributed by atoms with van der Waals surface area (Å²) in [5.41, 5.74) is 0. The zero-order chi connectivity index (χ0) is 9.40. The SMILES string of the molecule is CCCCC(=O)OCCC(C)O. The van der Waals surface area contributed by atoms with Gasteiger partial charge in [0.25, 0.3) is 0 Å². The molecule has 0 aliphatic heterocycles. The molecular formula is C9H18O3. The molecule has 0 spiro atoms. The quantitative estimate of drug-likeness (QED) is 0.620. The fourth-order valence-corrected chi connectivity index (χ4v) is 0.737. The third-order valence-electron chi connectivity index (χ3n) is 1.53. The van der Waals surface area contributed by atoms with Gasteiger partial charge in [0.1, 0.15) is 0 Å². The minimum Gasteiger partial charge on any atom is -0.466 e. The number of carbonyl (C=O) groups is 1. The fraction of sp³-hybridized carbons (Fsp3) is 0.889. The summed E-state index contributed by atoms with van der Waals surface area (Å²) in [6.45, 7) is 4.04. The van der Waals surface area contributed by atoms with E-state index in [1.165, 1.54) is 0 Å². The van der Waals surface area contributed by atoms with Gasteiger partial charge in [-0.25, -0.2) is 0 Å². The molecule has 0 saturated carbocycles. The maximum atomic E-state index is 10.9. The van der Waals surface area contributed by atoms with Crippen LogP contribution in [0.2, 0.25) is 0 Å². The van der Waals surface area contributed by atoms with Crippen LogP contribution in [-0.4, -0.2) is 23.8 Å². The highest BCUT2D eigenvalue weighted by Crippen LogP contribution is 1.98. The van der Waals surface area contributed by atoms with Crippen LogP contribution in [0, 0.1) is 0 Å². The van der Waals surface area contributed by atoms with Crippen LogP contribution in [-0.2, 0) is 9.53 Å². The number of aliphatic hydroxyl groups excluding tert-OH is 1. The average molecular weight is 174 g/mol. The van der Waals surface area contributed by atoms with Crippen molar-refractivity contribution in [3.05, 3.63) is 0 Å². The Morgan fingerprint density at radius 1 is 1.58 bits per heavy atom. The summed E-state index contributed by atoms with van der Waals surface area (Å²) in [6.07, 6.45) is 2.52. The monoisotopic (exact) mass is 174 g/mol. The zero-order valence-corrected chi connectivity index (χ0v) is 7.88. The topological polar surface area (TPSA) is 46.5 Å². The number of rotatable bonds is 6. The third-order valence-corrected chi connectivity index (χ3v) is 1.53. The third kappa shape index (κ3) is 7.54. The Labute approximate surface area is 73.7 Å². The van der Waals surface area contributed by atoms with Crippen LogP contribution in [0.5, 0.6) is 0 Å². The number of esters is 1. The molecule has 0 aromatic carbocycles. The molecule has 0 heterocycles. The van der Waals surface area contributed by atoms with Crippen molar-refractivity contribution in [2.45, 2.75) is 45.6 Å². The predicted octanol–water partition coefficient (Wildman–Crippen LogP) is 1.49. The molecule has 0 aromatic heterocycles. The average Bonchev–Trinajstić information content (AvgIpc) is 2.00. The van der Waals surface area contributed by atoms with E-state index in [1.54, 1.807) is 6.92 Å². The molecule has 0 aliphatic carbocycles. The zero-order valence-electron chi connectivity index (χ0n) is 7.88. The molecule has 1 N–H and O–H groups in total. The summed E-state index contributed by atoms with van der Waals surface area (Å²) in [4.78, 5) is 10.9. The van der Waals surface area contributed by atoms with E-state index in [2.05, 4.69) is 0 Å². The molecule has 3 nitrogen and oxygen atoms in total. The molecule has 1 atom stereocenters. The van der Waals surface area contributed by atoms with Crippen molar-refractivity contribution >= 4 is 5.97 Å². The maximum Gasteiger partial charge on any atom is 0.305 e. The van der Waals surface area contributed by atoms with E-state index >= 15 is 0 Å². The number of hydrogen-bond donors (Lipinski definition) is 1. The van der Waals surface area contributed by atoms with Gasteiger partial charge in [-0.05, 0) is 13.3 Å². The summed E-state index contributed by atoms with van der Waals surface area (Å²) in [7, 11) is 0. The van der Waals surface area contributed by atoms with Crippen molar-refractivity contribution in [1.82, 2.24) is 0 Å². The fourth-order valence-electron chi connectivity index (χ4n) is 0.737. The summed E-state index contributed by atoms with van der Waals surface area (Å²) in [5, 5.41) is 8.85. The molecule has 1 unspecified atom stereocenters. The van der Waals surface area contributed by atoms with Crippen LogP contribution in [0.15, 0.2) is 0 Å². The van der Waals surface area contributed by atoms with E-state index in [0.29, 0.717) is 19.4 Å². The normalized spacial score (nSPS) is 12.6. The van der Waals surface area contributed by atoms with Crippen LogP contribution in [0.1, 0.15) is 39.5 Å². The van der Waals surface area contributed by atoms with Gasteiger partial charge < -0.3 is 9.84 Å². The number of unbranched alkanes of at least 4 members (excludes halogenated alkanes) is 1. The van der Waals surface area contributed by atoms with Crippen LogP contribution >= 0.6 is 0 Å². The first kappa shape index (κ1) is 11.4. The highest BCUT2D eigenvalue weighted by Gasteiger charge is 2.02. The van der Waals surface area contributed by atoms with Crippen molar-refractivity contribution in [3.63, 3.8) is 0 Å². The van der Waals surface area contributed by atoms with Gasteiger partial charge in [-0.2, -0.15) is 0 Å². The summed E-state index contributed by atoms with van der Waals surface area (Å²) < 4.78 is 4.86. The van der Waals surface area contributed by atoms with Gasteiger partial charge in [0.15, 0.2) is 0 Å². The van der Waals surface area contributed by atoms with Crippen molar-refractivity contribution in [1.29, 1.82) is 0 Å². The summed E-state index contributed by atoms with van der Waals surface area (Å²) >= 11 is 0. The van der Waals surface area contributed by atoms with Gasteiger partial charge in [0.05, 0.1) is 12.7 Å². The first-order chi connectivity index (χ1) is 5.66. The molecule has 0 amide bonds. The molecule has 0 aromatic rings. The van der Waals surface area contributed by atoms with E-state index in [-0.39, 0.29) is 12.1 Å². The Balaban J connectivity index is 3.20. The molecule has 3 heteroatoms. The summed E-state index contributed by atoms with van der Waals surface area (Å²) in [5.74, 6) is -0.155. The van der Waals surface area contributed by atoms with E-state index < -0.39 is 0 Å². The van der Waals surface area contributed by atoms with E-state index in [0.717, 1.165) is 12.8 Å². The second-order valence-corrected chi connectivity index (χ2v) is 2.96. The lowest BCUT2D eigenvalue weighted by Crippen LogP contribution is -2.10. The minimum absolute atomic E-state index is 0.155. The van der Waals surface area contributed by atoms with Gasteiger partial charge in [0.2, 0.25) is 0 Å². The van der Waals surface area contributed by atoms with E-state index in [4.69, 9.17) is 9.84 Å². The highest BCUT2D eigenvalue weighted by molar-refractivity contribution is 5.69. The van der Waals surface area contributed by atoms with Crippen LogP contribution in [0.25, 0.3) is 0 Å². The lowest BCUT2D eigenvalue weighted by Gasteiger charge is -2.05. The highest BCUT2D eigenvalue weighted by atomic mass is 16.5. The molecule has 0 bridgehead atoms. The molecule has 72 valence electrons. The lowest BCUT2D eigenvalue weighted by atomic mass is 10.2. The number of carbonyl (C=O) groups excluding carboxylic acids is 1. The first-order valence-electron chi connectivity index (χ1n) is 4.50. The number of hydrogen-bond acceptors (Lipinski definition) is 3. The van der Waals surface area contributed by atoms with Crippen molar-refractivity contribution < 1.29 is 14.6 Å². The predicted molar refractivity (Wildman–Crippen MR) is 46.8 cm³/mol. The Hall–Kier alpha value is -0.570. The van der Waals surface area contributed by atoms with Gasteiger partial charge in [0, 0.05) is 12.8 Å². The van der Waals surface area contributed by atoms with Crippen molar-refractivity contribution in [3.8, 4) is 0 Å². The lowest BCUT2D eigenvalue weighted by molar-refractivity contribution is -0.144. The Morgan fingerprint density at radius 2 is 2.25 bits per heavy atom. The first-order valence-corrected chi connectivity index (χ1v) is 4.50. The molecular weight excluding hydrogens is 156 g/mol. The second-order valence-electron chi connectivity index (χ2n) is 2.96. The van der Waals surface area contributed by atoms with Gasteiger partial charge in [-0.3, -0.25) is 4.79 Å². The van der Waals surface area contributed by atoms with Gasteiger partial charge >= 0.3 is 5.97 Å². The Morgan fingerprint density at radius 3 is 2.75 bits per heavy atom. The molecule has 0 saturated heterocycles. The number of aliphatic hydroxyl groups is 1. The maximum absolute atomic E-state index is 10.9. The molecule has 12 heavy (non-hydrogen) atoms. The van der Waals surface area contributed by atoms with Crippen LogP contribution < -0.4 is 0 Å². The van der Waals surface area contributed by atoms with Crippen LogP contribution in [0.4, 0.5) is 0 Å². The largest absolute Gasteiger partial charge is 0.466 e. The van der Waals surface area contributed by atoms with Crippen molar-refractivity contribution in [2.24, 2.45) is 0 Å². The Bertz CT molecular complexity index is 121. The molecule has 0 aliphatic rings. The van der Waals surface area contributed by atoms with Crippen molar-refractivity contribution in [2.75, 3.05) is 6.61 Å². The molecule has 0 rings (SSSR count). The van der Waals surface area contributed by atoms with Crippen LogP contribution in [0.3, 0.4) is 0 Å². The summed E-state index contributed by atoms with van der Waals surface area (Å²) in [6, 6.07) is 0. The standard InChI is InChI=1S/C9H18O3/c1-3-4-5-9(11)12-7-6-8(2)10/h8,10H,3-7H2,1-2H3. The van der Waals surface area contributed by atoms with E-state index in [9.17, 15) is 4.79 Å². The number of ether oxygens (including phenoxy) is 1. The van der Waals surface area contributed by atoms with Gasteiger partial charge in [-0.15, -0.1) is 0 Å². The second kappa shape index (κ2) is 7.10. The van der Waals surface area contributed by atoms with Gasteiger partial charge in [-0.1, -0.05) is 13.3 Å². The molecule has 0 fully saturated rings. The van der Waals surface area contributed by atoms with E-state index in [1.807, 2.05) is 6.92 Å². The smallest absolute Gasteiger partial charge is 0.305 e. The Kier molecular flexibility index (Phi) is 6.76. The minimum atomic E-state index is -0.385.